The van der Waals surface area contributed by atoms with Gasteiger partial charge in [0.1, 0.15) is 5.56 Å². The van der Waals surface area contributed by atoms with Gasteiger partial charge in [0.15, 0.2) is 0 Å². The van der Waals surface area contributed by atoms with Gasteiger partial charge in [-0.1, -0.05) is 23.7 Å². The number of anilines is 1. The molecule has 0 aliphatic heterocycles. The molecular weight excluding hydrogens is 454 g/mol. The molecule has 34 heavy (non-hydrogen) atoms. The molecule has 0 spiro atoms. The molecule has 2 heterocycles. The largest absolute Gasteiger partial charge is 0.481 e. The van der Waals surface area contributed by atoms with Crippen molar-refractivity contribution in [1.82, 2.24) is 19.9 Å². The van der Waals surface area contributed by atoms with E-state index < -0.39 is 5.91 Å². The minimum atomic E-state index is -0.415. The van der Waals surface area contributed by atoms with Gasteiger partial charge >= 0.3 is 0 Å². The Labute approximate surface area is 203 Å². The number of halogens is 1. The molecule has 1 aromatic carbocycles. The Bertz CT molecular complexity index is 1230. The molecule has 0 aliphatic rings. The first-order valence-corrected chi connectivity index (χ1v) is 11.2. The number of amides is 1. The Balaban J connectivity index is 1.47. The number of aromatic nitrogens is 3. The molecular formula is C25H26ClN5O3. The van der Waals surface area contributed by atoms with Crippen LogP contribution in [0.4, 0.5) is 5.95 Å². The van der Waals surface area contributed by atoms with Crippen LogP contribution < -0.4 is 20.9 Å². The highest BCUT2D eigenvalue weighted by Gasteiger charge is 2.15. The molecule has 8 nitrogen and oxygen atoms in total. The third-order valence-corrected chi connectivity index (χ3v) is 5.27. The summed E-state index contributed by atoms with van der Waals surface area (Å²) in [5.74, 6) is 6.59. The van der Waals surface area contributed by atoms with Gasteiger partial charge in [0.25, 0.3) is 11.5 Å². The van der Waals surface area contributed by atoms with Gasteiger partial charge in [-0.2, -0.15) is 4.98 Å². The van der Waals surface area contributed by atoms with E-state index in [4.69, 9.17) is 16.3 Å². The Hall–Kier alpha value is -3.83. The fourth-order valence-corrected chi connectivity index (χ4v) is 3.30. The van der Waals surface area contributed by atoms with E-state index in [1.165, 1.54) is 10.6 Å². The van der Waals surface area contributed by atoms with Gasteiger partial charge in [0, 0.05) is 49.4 Å². The van der Waals surface area contributed by atoms with Gasteiger partial charge in [-0.3, -0.25) is 9.59 Å². The summed E-state index contributed by atoms with van der Waals surface area (Å²) in [6.45, 7) is 2.83. The summed E-state index contributed by atoms with van der Waals surface area (Å²) in [5, 5.41) is 6.45. The zero-order chi connectivity index (χ0) is 24.3. The van der Waals surface area contributed by atoms with Crippen LogP contribution >= 0.6 is 11.6 Å². The Morgan fingerprint density at radius 2 is 1.88 bits per heavy atom. The molecule has 3 aromatic rings. The van der Waals surface area contributed by atoms with Crippen LogP contribution in [-0.2, 0) is 0 Å². The third-order valence-electron chi connectivity index (χ3n) is 5.02. The van der Waals surface area contributed by atoms with Gasteiger partial charge < -0.3 is 19.9 Å². The number of methoxy groups -OCH3 is 1. The highest BCUT2D eigenvalue weighted by atomic mass is 35.5. The molecule has 0 saturated carbocycles. The van der Waals surface area contributed by atoms with Crippen molar-refractivity contribution in [1.29, 1.82) is 0 Å². The molecule has 176 valence electrons. The van der Waals surface area contributed by atoms with Gasteiger partial charge in [-0.25, -0.2) is 4.98 Å². The molecule has 0 radical (unpaired) electrons. The summed E-state index contributed by atoms with van der Waals surface area (Å²) < 4.78 is 6.59. The predicted molar refractivity (Wildman–Crippen MR) is 132 cm³/mol. The zero-order valence-electron chi connectivity index (χ0n) is 19.0. The van der Waals surface area contributed by atoms with Crippen LogP contribution in [0.25, 0.3) is 0 Å². The lowest BCUT2D eigenvalue weighted by atomic mass is 10.1. The van der Waals surface area contributed by atoms with Crippen LogP contribution in [0.3, 0.4) is 0 Å². The predicted octanol–water partition coefficient (Wildman–Crippen LogP) is 3.54. The summed E-state index contributed by atoms with van der Waals surface area (Å²) >= 11 is 5.95. The SMILES string of the molecule is COc1ccnc(NCCC#CCCNC(=O)c2cccn([C@H](C)c3ccc(Cl)cc3)c2=O)n1. The van der Waals surface area contributed by atoms with Crippen molar-refractivity contribution in [2.45, 2.75) is 25.8 Å². The number of nitrogens with zero attached hydrogens (tertiary/aromatic N) is 3. The number of carbonyl (C=O) groups excluding carboxylic acids is 1. The smallest absolute Gasteiger partial charge is 0.263 e. The number of hydrogen-bond donors (Lipinski definition) is 2. The van der Waals surface area contributed by atoms with Crippen LogP contribution in [0.5, 0.6) is 5.88 Å². The number of benzene rings is 1. The molecule has 1 atom stereocenters. The van der Waals surface area contributed by atoms with E-state index >= 15 is 0 Å². The molecule has 9 heteroatoms. The number of carbonyl (C=O) groups is 1. The van der Waals surface area contributed by atoms with Crippen LogP contribution in [0, 0.1) is 11.8 Å². The number of hydrogen-bond acceptors (Lipinski definition) is 6. The third kappa shape index (κ3) is 6.83. The molecule has 2 N–H and O–H groups in total. The molecule has 3 rings (SSSR count). The molecule has 1 amide bonds. The number of nitrogens with one attached hydrogen (secondary N) is 2. The molecule has 2 aromatic heterocycles. The Kier molecular flexibility index (Phi) is 9.06. The van der Waals surface area contributed by atoms with Gasteiger partial charge in [-0.05, 0) is 36.8 Å². The van der Waals surface area contributed by atoms with E-state index in [9.17, 15) is 9.59 Å². The highest BCUT2D eigenvalue weighted by Crippen LogP contribution is 2.18. The Morgan fingerprint density at radius 3 is 2.62 bits per heavy atom. The first-order chi connectivity index (χ1) is 16.5. The molecule has 0 fully saturated rings. The second-order valence-electron chi connectivity index (χ2n) is 7.32. The standard InChI is InChI=1S/C25H26ClN5O3/c1-18(19-9-11-20(26)12-10-19)31-17-7-8-21(24(31)33)23(32)27-14-5-3-4-6-15-28-25-29-16-13-22(30-25)34-2/h7-13,16-18H,5-6,14-15H2,1-2H3,(H,27,32)(H,28,29,30)/t18-/m1/s1. The number of ether oxygens (including phenoxy) is 1. The summed E-state index contributed by atoms with van der Waals surface area (Å²) in [4.78, 5) is 33.7. The lowest BCUT2D eigenvalue weighted by molar-refractivity contribution is 0.0952. The average molecular weight is 480 g/mol. The first kappa shape index (κ1) is 24.8. The highest BCUT2D eigenvalue weighted by molar-refractivity contribution is 6.30. The van der Waals surface area contributed by atoms with Crippen molar-refractivity contribution in [3.8, 4) is 17.7 Å². The van der Waals surface area contributed by atoms with Gasteiger partial charge in [0.05, 0.1) is 13.2 Å². The summed E-state index contributed by atoms with van der Waals surface area (Å²) in [6, 6.07) is 11.9. The summed E-state index contributed by atoms with van der Waals surface area (Å²) in [7, 11) is 1.55. The average Bonchev–Trinajstić information content (AvgIpc) is 2.85. The summed E-state index contributed by atoms with van der Waals surface area (Å²) in [5.41, 5.74) is 0.671. The second-order valence-corrected chi connectivity index (χ2v) is 7.76. The van der Waals surface area contributed by atoms with E-state index in [0.29, 0.717) is 42.8 Å². The maximum Gasteiger partial charge on any atom is 0.263 e. The van der Waals surface area contributed by atoms with Crippen molar-refractivity contribution in [2.75, 3.05) is 25.5 Å². The minimum Gasteiger partial charge on any atom is -0.481 e. The minimum absolute atomic E-state index is 0.0961. The van der Waals surface area contributed by atoms with Crippen LogP contribution in [0.2, 0.25) is 5.02 Å². The quantitative estimate of drug-likeness (QED) is 0.360. The fourth-order valence-electron chi connectivity index (χ4n) is 3.18. The van der Waals surface area contributed by atoms with Gasteiger partial charge in [0.2, 0.25) is 11.8 Å². The lowest BCUT2D eigenvalue weighted by Crippen LogP contribution is -2.34. The van der Waals surface area contributed by atoms with Crippen LogP contribution in [0.1, 0.15) is 41.7 Å². The van der Waals surface area contributed by atoms with E-state index in [2.05, 4.69) is 32.4 Å². The zero-order valence-corrected chi connectivity index (χ0v) is 19.8. The number of pyridine rings is 1. The molecule has 0 bridgehead atoms. The summed E-state index contributed by atoms with van der Waals surface area (Å²) in [6.07, 6.45) is 4.36. The van der Waals surface area contributed by atoms with Crippen molar-refractivity contribution < 1.29 is 9.53 Å². The lowest BCUT2D eigenvalue weighted by Gasteiger charge is -2.16. The van der Waals surface area contributed by atoms with Crippen molar-refractivity contribution in [3.63, 3.8) is 0 Å². The van der Waals surface area contributed by atoms with Crippen LogP contribution in [0.15, 0.2) is 59.7 Å². The fraction of sp³-hybridized carbons (Fsp3) is 0.280. The molecule has 0 unspecified atom stereocenters. The number of rotatable bonds is 9. The second kappa shape index (κ2) is 12.4. The van der Waals surface area contributed by atoms with E-state index in [-0.39, 0.29) is 17.2 Å². The maximum atomic E-state index is 12.9. The monoisotopic (exact) mass is 479 g/mol. The maximum absolute atomic E-state index is 12.9. The Morgan fingerprint density at radius 1 is 1.15 bits per heavy atom. The van der Waals surface area contributed by atoms with E-state index in [1.54, 1.807) is 43.8 Å². The van der Waals surface area contributed by atoms with E-state index in [0.717, 1.165) is 5.56 Å². The van der Waals surface area contributed by atoms with Crippen LogP contribution in [-0.4, -0.2) is 40.6 Å². The molecule has 0 saturated heterocycles. The van der Waals surface area contributed by atoms with Crippen molar-refractivity contribution in [2.24, 2.45) is 0 Å². The van der Waals surface area contributed by atoms with Crippen molar-refractivity contribution >= 4 is 23.5 Å². The van der Waals surface area contributed by atoms with Gasteiger partial charge in [-0.15, -0.1) is 11.8 Å². The first-order valence-electron chi connectivity index (χ1n) is 10.8. The van der Waals surface area contributed by atoms with E-state index in [1.807, 2.05) is 19.1 Å². The van der Waals surface area contributed by atoms with Crippen molar-refractivity contribution in [3.05, 3.63) is 81.4 Å². The normalized spacial score (nSPS) is 11.1. The topological polar surface area (TPSA) is 98.1 Å². The molecule has 0 aliphatic carbocycles.